The van der Waals surface area contributed by atoms with Gasteiger partial charge in [-0.1, -0.05) is 12.1 Å². The Morgan fingerprint density at radius 3 is 1.97 bits per heavy atom. The number of rotatable bonds is 10. The van der Waals surface area contributed by atoms with Gasteiger partial charge in [0.25, 0.3) is 0 Å². The van der Waals surface area contributed by atoms with E-state index in [-0.39, 0.29) is 11.5 Å². The molecule has 0 heterocycles. The van der Waals surface area contributed by atoms with Crippen LogP contribution in [0.25, 0.3) is 6.08 Å². The van der Waals surface area contributed by atoms with E-state index >= 15 is 0 Å². The van der Waals surface area contributed by atoms with Crippen LogP contribution in [0.5, 0.6) is 11.5 Å². The zero-order valence-corrected chi connectivity index (χ0v) is 16.2. The van der Waals surface area contributed by atoms with Crippen LogP contribution in [0.1, 0.15) is 24.0 Å². The second kappa shape index (κ2) is 9.92. The lowest BCUT2D eigenvalue weighted by Gasteiger charge is -2.20. The van der Waals surface area contributed by atoms with Gasteiger partial charge in [-0.3, -0.25) is 0 Å². The fourth-order valence-corrected chi connectivity index (χ4v) is 2.39. The molecule has 0 aromatic heterocycles. The van der Waals surface area contributed by atoms with Crippen molar-refractivity contribution in [3.63, 3.8) is 0 Å². The molecule has 0 fully saturated rings. The van der Waals surface area contributed by atoms with Gasteiger partial charge < -0.3 is 14.6 Å². The average Bonchev–Trinajstić information content (AvgIpc) is 2.70. The van der Waals surface area contributed by atoms with E-state index in [1.54, 1.807) is 0 Å². The molecule has 0 bridgehead atoms. The molecule has 0 amide bonds. The van der Waals surface area contributed by atoms with Crippen LogP contribution in [-0.2, 0) is 10.9 Å². The van der Waals surface area contributed by atoms with E-state index in [4.69, 9.17) is 9.84 Å². The normalized spacial score (nSPS) is 12.7. The van der Waals surface area contributed by atoms with E-state index in [9.17, 15) is 35.5 Å². The molecule has 0 aliphatic heterocycles. The van der Waals surface area contributed by atoms with E-state index in [2.05, 4.69) is 4.74 Å². The van der Waals surface area contributed by atoms with Gasteiger partial charge in [-0.05, 0) is 54.5 Å². The van der Waals surface area contributed by atoms with Crippen molar-refractivity contribution >= 4 is 12.0 Å². The summed E-state index contributed by atoms with van der Waals surface area (Å²) in [4.78, 5) is 10.5. The number of alkyl halides is 7. The minimum atomic E-state index is -5.64. The largest absolute Gasteiger partial charge is 0.494 e. The number of ether oxygens (including phenoxy) is 2. The Balaban J connectivity index is 1.91. The SMILES string of the molecule is O=C(O)C=Cc1ccc(OC(F)(F)c2ccc(OCCCC(F)(F)C(F)(F)F)cc2)cc1. The first-order valence-electron chi connectivity index (χ1n) is 9.06. The molecule has 2 rings (SSSR count). The Hall–Kier alpha value is -3.24. The second-order valence-electron chi connectivity index (χ2n) is 6.54. The van der Waals surface area contributed by atoms with Gasteiger partial charge in [0.1, 0.15) is 11.5 Å². The summed E-state index contributed by atoms with van der Waals surface area (Å²) >= 11 is 0. The third kappa shape index (κ3) is 7.17. The molecule has 174 valence electrons. The summed E-state index contributed by atoms with van der Waals surface area (Å²) in [5.41, 5.74) is -0.0964. The maximum atomic E-state index is 14.3. The minimum Gasteiger partial charge on any atom is -0.494 e. The molecular weight excluding hydrogens is 449 g/mol. The summed E-state index contributed by atoms with van der Waals surface area (Å²) in [7, 11) is 0. The predicted molar refractivity (Wildman–Crippen MR) is 99.8 cm³/mol. The van der Waals surface area contributed by atoms with Gasteiger partial charge in [0.05, 0.1) is 12.2 Å². The highest BCUT2D eigenvalue weighted by Crippen LogP contribution is 2.39. The summed E-state index contributed by atoms with van der Waals surface area (Å²) in [5.74, 6) is -6.17. The van der Waals surface area contributed by atoms with Crippen LogP contribution in [0.15, 0.2) is 54.6 Å². The van der Waals surface area contributed by atoms with Crippen molar-refractivity contribution in [2.24, 2.45) is 0 Å². The lowest BCUT2D eigenvalue weighted by Crippen LogP contribution is -2.36. The fourth-order valence-electron chi connectivity index (χ4n) is 2.39. The van der Waals surface area contributed by atoms with E-state index in [1.165, 1.54) is 30.3 Å². The summed E-state index contributed by atoms with van der Waals surface area (Å²) in [6.07, 6.45) is -9.28. The van der Waals surface area contributed by atoms with Crippen LogP contribution in [-0.4, -0.2) is 29.8 Å². The predicted octanol–water partition coefficient (Wildman–Crippen LogP) is 6.27. The highest BCUT2D eigenvalue weighted by atomic mass is 19.4. The number of aliphatic carboxylic acids is 1. The summed E-state index contributed by atoms with van der Waals surface area (Å²) in [5, 5.41) is 8.56. The zero-order chi connectivity index (χ0) is 24.0. The molecular formula is C21H17F7O4. The van der Waals surface area contributed by atoms with Crippen LogP contribution < -0.4 is 9.47 Å². The van der Waals surface area contributed by atoms with Gasteiger partial charge in [0.2, 0.25) is 0 Å². The van der Waals surface area contributed by atoms with Crippen LogP contribution in [0, 0.1) is 0 Å². The standard InChI is InChI=1S/C21H17F7O4/c22-19(23,21(26,27)28)12-1-13-31-16-9-5-15(6-10-16)20(24,25)32-17-7-2-14(3-8-17)4-11-18(29)30/h2-11H,1,12-13H2,(H,29,30). The fraction of sp³-hybridized carbons (Fsp3) is 0.286. The third-order valence-corrected chi connectivity index (χ3v) is 4.05. The number of carboxylic acids is 1. The first-order valence-corrected chi connectivity index (χ1v) is 9.06. The topological polar surface area (TPSA) is 55.8 Å². The maximum Gasteiger partial charge on any atom is 0.453 e. The molecule has 0 aliphatic rings. The van der Waals surface area contributed by atoms with Crippen LogP contribution >= 0.6 is 0 Å². The van der Waals surface area contributed by atoms with E-state index in [0.29, 0.717) is 5.56 Å². The Morgan fingerprint density at radius 1 is 0.875 bits per heavy atom. The monoisotopic (exact) mass is 466 g/mol. The Kier molecular flexibility index (Phi) is 7.76. The molecule has 32 heavy (non-hydrogen) atoms. The van der Waals surface area contributed by atoms with E-state index in [1.807, 2.05) is 0 Å². The first-order chi connectivity index (χ1) is 14.8. The molecule has 0 saturated carbocycles. The summed E-state index contributed by atoms with van der Waals surface area (Å²) in [6, 6.07) is 9.34. The van der Waals surface area contributed by atoms with Gasteiger partial charge in [-0.25, -0.2) is 4.79 Å². The highest BCUT2D eigenvalue weighted by Gasteiger charge is 2.56. The van der Waals surface area contributed by atoms with Gasteiger partial charge in [0.15, 0.2) is 0 Å². The van der Waals surface area contributed by atoms with E-state index < -0.39 is 49.2 Å². The van der Waals surface area contributed by atoms with Crippen molar-refractivity contribution in [3.8, 4) is 11.5 Å². The van der Waals surface area contributed by atoms with Crippen LogP contribution in [0.3, 0.4) is 0 Å². The maximum absolute atomic E-state index is 14.3. The zero-order valence-electron chi connectivity index (χ0n) is 16.2. The van der Waals surface area contributed by atoms with Crippen molar-refractivity contribution < 1.29 is 50.1 Å². The molecule has 0 radical (unpaired) electrons. The number of carbonyl (C=O) groups is 1. The van der Waals surface area contributed by atoms with Gasteiger partial charge in [0, 0.05) is 12.5 Å². The summed E-state index contributed by atoms with van der Waals surface area (Å²) in [6.45, 7) is -0.458. The molecule has 0 spiro atoms. The quantitative estimate of drug-likeness (QED) is 0.255. The first kappa shape index (κ1) is 25.0. The van der Waals surface area contributed by atoms with Gasteiger partial charge in [-0.15, -0.1) is 0 Å². The Bertz CT molecular complexity index is 921. The highest BCUT2D eigenvalue weighted by molar-refractivity contribution is 5.85. The van der Waals surface area contributed by atoms with Gasteiger partial charge in [-0.2, -0.15) is 30.7 Å². The molecule has 4 nitrogen and oxygen atoms in total. The average molecular weight is 466 g/mol. The molecule has 2 aromatic rings. The Labute approximate surface area is 177 Å². The molecule has 0 atom stereocenters. The molecule has 1 N–H and O–H groups in total. The number of carboxylic acid groups (broad SMARTS) is 1. The number of benzene rings is 2. The number of hydrogen-bond acceptors (Lipinski definition) is 3. The van der Waals surface area contributed by atoms with Crippen molar-refractivity contribution in [3.05, 3.63) is 65.7 Å². The van der Waals surface area contributed by atoms with Crippen molar-refractivity contribution in [2.75, 3.05) is 6.61 Å². The summed E-state index contributed by atoms with van der Waals surface area (Å²) < 4.78 is 100. The minimum absolute atomic E-state index is 0.00875. The van der Waals surface area contributed by atoms with Crippen molar-refractivity contribution in [2.45, 2.75) is 31.0 Å². The van der Waals surface area contributed by atoms with Gasteiger partial charge >= 0.3 is 24.2 Å². The molecule has 2 aromatic carbocycles. The lowest BCUT2D eigenvalue weighted by atomic mass is 10.2. The van der Waals surface area contributed by atoms with Crippen LogP contribution in [0.2, 0.25) is 0 Å². The second-order valence-corrected chi connectivity index (χ2v) is 6.54. The van der Waals surface area contributed by atoms with Crippen molar-refractivity contribution in [1.29, 1.82) is 0 Å². The molecule has 0 saturated heterocycles. The number of halogens is 7. The van der Waals surface area contributed by atoms with E-state index in [0.717, 1.165) is 30.3 Å². The third-order valence-electron chi connectivity index (χ3n) is 4.05. The number of hydrogen-bond donors (Lipinski definition) is 1. The van der Waals surface area contributed by atoms with Crippen LogP contribution in [0.4, 0.5) is 30.7 Å². The van der Waals surface area contributed by atoms with Crippen molar-refractivity contribution in [1.82, 2.24) is 0 Å². The smallest absolute Gasteiger partial charge is 0.453 e. The Morgan fingerprint density at radius 2 is 1.44 bits per heavy atom. The molecule has 0 unspecified atom stereocenters. The lowest BCUT2D eigenvalue weighted by molar-refractivity contribution is -0.284. The molecule has 0 aliphatic carbocycles. The molecule has 11 heteroatoms.